The molecule has 0 spiro atoms. The van der Waals surface area contributed by atoms with Gasteiger partial charge in [-0.05, 0) is 26.8 Å². The molecule has 1 aliphatic rings. The molecule has 1 amide bonds. The highest BCUT2D eigenvalue weighted by Gasteiger charge is 2.49. The van der Waals surface area contributed by atoms with E-state index in [4.69, 9.17) is 4.74 Å². The lowest BCUT2D eigenvalue weighted by molar-refractivity contribution is -0.110. The molecule has 0 N–H and O–H groups in total. The van der Waals surface area contributed by atoms with Gasteiger partial charge in [-0.1, -0.05) is 0 Å². The van der Waals surface area contributed by atoms with Gasteiger partial charge in [0.25, 0.3) is 0 Å². The number of amides is 1. The average molecular weight is 391 g/mol. The van der Waals surface area contributed by atoms with E-state index in [1.165, 1.54) is 0 Å². The number of methoxy groups -OCH3 is 1. The van der Waals surface area contributed by atoms with Crippen molar-refractivity contribution in [3.63, 3.8) is 0 Å². The van der Waals surface area contributed by atoms with E-state index >= 15 is 0 Å². The molecule has 0 aromatic heterocycles. The lowest BCUT2D eigenvalue weighted by Crippen LogP contribution is -2.41. The van der Waals surface area contributed by atoms with Crippen LogP contribution in [0.25, 0.3) is 0 Å². The quantitative estimate of drug-likeness (QED) is 0.411. The summed E-state index contributed by atoms with van der Waals surface area (Å²) < 4.78 is 71.6. The number of ether oxygens (including phenoxy) is 2. The van der Waals surface area contributed by atoms with Crippen LogP contribution in [0.3, 0.4) is 0 Å². The Balaban J connectivity index is 0.00000178. The van der Waals surface area contributed by atoms with Crippen LogP contribution in [-0.4, -0.2) is 63.6 Å². The number of nitrogens with zero attached hydrogens (tertiary/aromatic N) is 1. The molecule has 0 aliphatic carbocycles. The van der Waals surface area contributed by atoms with E-state index in [9.17, 15) is 31.2 Å². The first-order valence-corrected chi connectivity index (χ1v) is 8.15. The van der Waals surface area contributed by atoms with Gasteiger partial charge in [-0.15, -0.1) is 0 Å². The third-order valence-corrected chi connectivity index (χ3v) is 3.31. The lowest BCUT2D eigenvalue weighted by Gasteiger charge is -2.26. The van der Waals surface area contributed by atoms with Crippen molar-refractivity contribution in [2.24, 2.45) is 0 Å². The summed E-state index contributed by atoms with van der Waals surface area (Å²) >= 11 is 0. The van der Waals surface area contributed by atoms with E-state index in [-0.39, 0.29) is 6.29 Å². The zero-order valence-electron chi connectivity index (χ0n) is 14.3. The Kier molecular flexibility index (Phi) is 7.90. The molecule has 8 nitrogen and oxygen atoms in total. The van der Waals surface area contributed by atoms with E-state index in [1.54, 1.807) is 35.0 Å². The number of carbonyl (C=O) groups excluding carboxylic acids is 2. The van der Waals surface area contributed by atoms with E-state index in [0.29, 0.717) is 0 Å². The number of hydrogen-bond acceptors (Lipinski definition) is 7. The van der Waals surface area contributed by atoms with Crippen molar-refractivity contribution in [2.75, 3.05) is 20.8 Å². The van der Waals surface area contributed by atoms with Gasteiger partial charge in [0.15, 0.2) is 0 Å². The summed E-state index contributed by atoms with van der Waals surface area (Å²) in [5.74, 6) is -0.680. The van der Waals surface area contributed by atoms with Gasteiger partial charge >= 0.3 is 21.7 Å². The highest BCUT2D eigenvalue weighted by atomic mass is 32.2. The molecular weight excluding hydrogens is 371 g/mol. The fourth-order valence-electron chi connectivity index (χ4n) is 1.47. The number of carbonyl (C=O) groups is 2. The summed E-state index contributed by atoms with van der Waals surface area (Å²) in [5, 5.41) is 0. The highest BCUT2D eigenvalue weighted by Crippen LogP contribution is 2.29. The van der Waals surface area contributed by atoms with Crippen LogP contribution >= 0.6 is 0 Å². The second-order valence-electron chi connectivity index (χ2n) is 5.76. The Hall–Kier alpha value is -1.82. The van der Waals surface area contributed by atoms with E-state index in [2.05, 4.69) is 8.92 Å². The minimum atomic E-state index is -5.86. The van der Waals surface area contributed by atoms with Gasteiger partial charge in [-0.25, -0.2) is 4.79 Å². The number of alkyl halides is 3. The fourth-order valence-corrected chi connectivity index (χ4v) is 1.95. The Morgan fingerprint density at radius 2 is 1.76 bits per heavy atom. The van der Waals surface area contributed by atoms with Gasteiger partial charge in [-0.3, -0.25) is 4.90 Å². The van der Waals surface area contributed by atoms with Crippen LogP contribution in [-0.2, 0) is 28.6 Å². The Morgan fingerprint density at radius 3 is 2.12 bits per heavy atom. The summed E-state index contributed by atoms with van der Waals surface area (Å²) in [6, 6.07) is -1.27. The summed E-state index contributed by atoms with van der Waals surface area (Å²) in [5.41, 5.74) is -6.50. The minimum Gasteiger partial charge on any atom is -0.444 e. The third kappa shape index (κ3) is 7.30. The molecule has 1 rings (SSSR count). The third-order valence-electron chi connectivity index (χ3n) is 2.31. The Labute approximate surface area is 143 Å². The summed E-state index contributed by atoms with van der Waals surface area (Å²) in [6.07, 6.45) is 0.0737. The molecule has 1 atom stereocenters. The summed E-state index contributed by atoms with van der Waals surface area (Å²) in [6.45, 7) is 4.02. The maximum Gasteiger partial charge on any atom is 0.534 e. The van der Waals surface area contributed by atoms with Crippen LogP contribution in [0.2, 0.25) is 0 Å². The van der Waals surface area contributed by atoms with Crippen molar-refractivity contribution in [3.8, 4) is 0 Å². The molecule has 0 fully saturated rings. The first-order valence-electron chi connectivity index (χ1n) is 6.75. The van der Waals surface area contributed by atoms with Crippen LogP contribution in [0.1, 0.15) is 20.8 Å². The zero-order valence-corrected chi connectivity index (χ0v) is 15.1. The number of hydrogen-bond donors (Lipinski definition) is 0. The van der Waals surface area contributed by atoms with E-state index < -0.39 is 45.7 Å². The average Bonchev–Trinajstić information content (AvgIpc) is 2.78. The summed E-state index contributed by atoms with van der Waals surface area (Å²) in [4.78, 5) is 23.4. The normalized spacial score (nSPS) is 18.0. The van der Waals surface area contributed by atoms with Crippen molar-refractivity contribution in [1.82, 2.24) is 4.90 Å². The van der Waals surface area contributed by atoms with Gasteiger partial charge in [0.2, 0.25) is 0 Å². The molecule has 1 heterocycles. The molecule has 0 saturated heterocycles. The summed E-state index contributed by atoms with van der Waals surface area (Å²) in [7, 11) is -2.61. The molecule has 0 aromatic rings. The number of halogens is 3. The van der Waals surface area contributed by atoms with Gasteiger partial charge in [-0.2, -0.15) is 21.6 Å². The lowest BCUT2D eigenvalue weighted by atomic mass is 10.2. The first-order chi connectivity index (χ1) is 11.2. The van der Waals surface area contributed by atoms with Gasteiger partial charge < -0.3 is 18.5 Å². The zero-order chi connectivity index (χ0) is 20.1. The topological polar surface area (TPSA) is 99.2 Å². The monoisotopic (exact) mass is 391 g/mol. The molecule has 0 aromatic carbocycles. The van der Waals surface area contributed by atoms with Crippen LogP contribution in [0.5, 0.6) is 0 Å². The largest absolute Gasteiger partial charge is 0.534 e. The van der Waals surface area contributed by atoms with Crippen molar-refractivity contribution >= 4 is 22.5 Å². The van der Waals surface area contributed by atoms with Crippen LogP contribution in [0, 0.1) is 0 Å². The molecule has 0 bridgehead atoms. The second kappa shape index (κ2) is 8.52. The van der Waals surface area contributed by atoms with Gasteiger partial charge in [0.05, 0.1) is 6.54 Å². The molecular formula is C13H20F3NO7S. The maximum atomic E-state index is 12.2. The molecule has 25 heavy (non-hydrogen) atoms. The second-order valence-corrected chi connectivity index (χ2v) is 7.30. The fraction of sp³-hybridized carbons (Fsp3) is 0.692. The van der Waals surface area contributed by atoms with Crippen LogP contribution in [0.15, 0.2) is 11.8 Å². The number of rotatable bonds is 3. The first kappa shape index (κ1) is 23.2. The standard InChI is InChI=1S/C11H14F3NO6S.C2H6O/c1-10(2,3)20-9(17)15-5-8(4-7(15)6-16)21-22(18,19)11(12,13)14;1-3-2/h4,6-7H,5H2,1-3H3;1-2H3. The van der Waals surface area contributed by atoms with Crippen molar-refractivity contribution in [3.05, 3.63) is 11.8 Å². The molecule has 1 aliphatic heterocycles. The minimum absolute atomic E-state index is 0.250. The van der Waals surface area contributed by atoms with Crippen LogP contribution in [0.4, 0.5) is 18.0 Å². The molecule has 1 unspecified atom stereocenters. The van der Waals surface area contributed by atoms with E-state index in [0.717, 1.165) is 11.0 Å². The number of aldehydes is 1. The molecule has 146 valence electrons. The highest BCUT2D eigenvalue weighted by molar-refractivity contribution is 7.87. The van der Waals surface area contributed by atoms with Gasteiger partial charge in [0, 0.05) is 14.2 Å². The van der Waals surface area contributed by atoms with Crippen molar-refractivity contribution < 1.29 is 44.8 Å². The molecule has 0 radical (unpaired) electrons. The molecule has 12 heteroatoms. The van der Waals surface area contributed by atoms with Gasteiger partial charge in [0.1, 0.15) is 23.7 Å². The predicted molar refractivity (Wildman–Crippen MR) is 79.9 cm³/mol. The van der Waals surface area contributed by atoms with E-state index in [1.807, 2.05) is 0 Å². The van der Waals surface area contributed by atoms with Crippen molar-refractivity contribution in [2.45, 2.75) is 37.9 Å². The molecule has 0 saturated carbocycles. The Bertz CT molecular complexity index is 608. The SMILES string of the molecule is CC(C)(C)OC(=O)N1CC(OS(=O)(=O)C(F)(F)F)=CC1C=O.COC. The predicted octanol–water partition coefficient (Wildman–Crippen LogP) is 1.82. The Morgan fingerprint density at radius 1 is 1.28 bits per heavy atom. The maximum absolute atomic E-state index is 12.2. The van der Waals surface area contributed by atoms with Crippen molar-refractivity contribution in [1.29, 1.82) is 0 Å². The van der Waals surface area contributed by atoms with Crippen LogP contribution < -0.4 is 0 Å². The smallest absolute Gasteiger partial charge is 0.444 e.